The Balaban J connectivity index is 1.66. The minimum Gasteiger partial charge on any atom is -0.363 e. The maximum Gasteiger partial charge on any atom is 0.372 e. The maximum atomic E-state index is 11.2. The molecular weight excluding hydrogens is 278 g/mol. The molecule has 0 spiro atoms. The highest BCUT2D eigenvalue weighted by molar-refractivity contribution is 7.15. The van der Waals surface area contributed by atoms with Crippen LogP contribution in [0.25, 0.3) is 4.96 Å². The van der Waals surface area contributed by atoms with Crippen LogP contribution in [0.2, 0.25) is 0 Å². The molecule has 0 bridgehead atoms. The summed E-state index contributed by atoms with van der Waals surface area (Å²) in [5.41, 5.74) is 0. The van der Waals surface area contributed by atoms with E-state index in [1.165, 1.54) is 28.6 Å². The number of thiazole rings is 1. The third kappa shape index (κ3) is 2.61. The summed E-state index contributed by atoms with van der Waals surface area (Å²) in [7, 11) is 0. The van der Waals surface area contributed by atoms with Gasteiger partial charge < -0.3 is 20.7 Å². The molecule has 1 unspecified atom stereocenters. The minimum absolute atomic E-state index is 0.0306. The zero-order valence-electron chi connectivity index (χ0n) is 11.0. The van der Waals surface area contributed by atoms with Crippen LogP contribution >= 0.6 is 11.3 Å². The molecule has 1 atom stereocenters. The third-order valence-corrected chi connectivity index (χ3v) is 4.41. The molecule has 1 aliphatic heterocycles. The first-order chi connectivity index (χ1) is 9.75. The molecule has 7 nitrogen and oxygen atoms in total. The topological polar surface area (TPSA) is 84.5 Å². The second-order valence-corrected chi connectivity index (χ2v) is 5.90. The van der Waals surface area contributed by atoms with Crippen LogP contribution in [-0.4, -0.2) is 33.9 Å². The highest BCUT2D eigenvalue weighted by atomic mass is 32.1. The molecule has 2 aromatic heterocycles. The Kier molecular flexibility index (Phi) is 3.83. The van der Waals surface area contributed by atoms with Gasteiger partial charge in [0, 0.05) is 11.9 Å². The van der Waals surface area contributed by atoms with Crippen LogP contribution in [-0.2, 0) is 0 Å². The number of piperidine rings is 1. The molecule has 8 heteroatoms. The normalized spacial score (nSPS) is 19.3. The van der Waals surface area contributed by atoms with Crippen molar-refractivity contribution < 1.29 is 4.92 Å². The molecule has 0 aliphatic carbocycles. The smallest absolute Gasteiger partial charge is 0.363 e. The number of anilines is 1. The van der Waals surface area contributed by atoms with Crippen molar-refractivity contribution in [1.82, 2.24) is 14.7 Å². The molecule has 3 heterocycles. The van der Waals surface area contributed by atoms with Crippen LogP contribution in [0.5, 0.6) is 0 Å². The Bertz CT molecular complexity index is 602. The molecule has 2 aromatic rings. The summed E-state index contributed by atoms with van der Waals surface area (Å²) in [6, 6.07) is 0. The number of aromatic nitrogens is 2. The Labute approximate surface area is 120 Å². The Hall–Kier alpha value is -1.67. The van der Waals surface area contributed by atoms with E-state index in [-0.39, 0.29) is 10.7 Å². The number of nitro groups is 1. The van der Waals surface area contributed by atoms with Crippen molar-refractivity contribution in [2.75, 3.05) is 25.0 Å². The summed E-state index contributed by atoms with van der Waals surface area (Å²) in [6.45, 7) is 2.87. The van der Waals surface area contributed by atoms with Crippen molar-refractivity contribution in [3.8, 4) is 0 Å². The van der Waals surface area contributed by atoms with Gasteiger partial charge in [-0.1, -0.05) is 11.3 Å². The molecule has 20 heavy (non-hydrogen) atoms. The molecule has 1 aliphatic rings. The fourth-order valence-corrected chi connectivity index (χ4v) is 3.34. The zero-order valence-corrected chi connectivity index (χ0v) is 11.9. The van der Waals surface area contributed by atoms with Crippen LogP contribution in [0, 0.1) is 16.0 Å². The van der Waals surface area contributed by atoms with Gasteiger partial charge in [0.05, 0.1) is 0 Å². The van der Waals surface area contributed by atoms with Crippen LogP contribution in [0.1, 0.15) is 19.3 Å². The van der Waals surface area contributed by atoms with Gasteiger partial charge in [-0.3, -0.25) is 0 Å². The molecule has 1 saturated heterocycles. The first-order valence-corrected chi connectivity index (χ1v) is 7.68. The lowest BCUT2D eigenvalue weighted by Crippen LogP contribution is -2.30. The lowest BCUT2D eigenvalue weighted by molar-refractivity contribution is -0.389. The first kappa shape index (κ1) is 13.3. The summed E-state index contributed by atoms with van der Waals surface area (Å²) >= 11 is 1.40. The highest BCUT2D eigenvalue weighted by Gasteiger charge is 2.23. The lowest BCUT2D eigenvalue weighted by atomic mass is 9.96. The predicted octanol–water partition coefficient (Wildman–Crippen LogP) is 2.11. The molecule has 2 N–H and O–H groups in total. The third-order valence-electron chi connectivity index (χ3n) is 3.65. The first-order valence-electron chi connectivity index (χ1n) is 6.80. The number of nitrogens with zero attached hydrogens (tertiary/aromatic N) is 3. The van der Waals surface area contributed by atoms with E-state index >= 15 is 0 Å². The monoisotopic (exact) mass is 295 g/mol. The molecular formula is C12H17N5O2S. The number of hydrogen-bond acceptors (Lipinski definition) is 6. The number of fused-ring (bicyclic) bond motifs is 1. The van der Waals surface area contributed by atoms with Gasteiger partial charge in [-0.2, -0.15) is 9.38 Å². The Morgan fingerprint density at radius 3 is 3.30 bits per heavy atom. The van der Waals surface area contributed by atoms with E-state index in [2.05, 4.69) is 15.6 Å². The van der Waals surface area contributed by atoms with Crippen molar-refractivity contribution >= 4 is 27.9 Å². The van der Waals surface area contributed by atoms with Gasteiger partial charge in [0.15, 0.2) is 0 Å². The van der Waals surface area contributed by atoms with Gasteiger partial charge in [-0.25, -0.2) is 0 Å². The SMILES string of the molecule is O=[N+]([O-])c1c(NCCC2CCCNC2)nc2sccn12. The van der Waals surface area contributed by atoms with E-state index in [0.29, 0.717) is 16.7 Å². The number of imidazole rings is 1. The van der Waals surface area contributed by atoms with Crippen LogP contribution in [0.3, 0.4) is 0 Å². The second-order valence-electron chi connectivity index (χ2n) is 5.02. The van der Waals surface area contributed by atoms with Crippen LogP contribution < -0.4 is 10.6 Å². The zero-order chi connectivity index (χ0) is 13.9. The summed E-state index contributed by atoms with van der Waals surface area (Å²) in [4.78, 5) is 15.7. The minimum atomic E-state index is -0.378. The quantitative estimate of drug-likeness (QED) is 0.652. The lowest BCUT2D eigenvalue weighted by Gasteiger charge is -2.22. The van der Waals surface area contributed by atoms with Gasteiger partial charge in [0.2, 0.25) is 5.82 Å². The number of nitrogens with one attached hydrogen (secondary N) is 2. The number of rotatable bonds is 5. The molecule has 0 amide bonds. The van der Waals surface area contributed by atoms with Gasteiger partial charge in [-0.15, -0.1) is 0 Å². The molecule has 0 aromatic carbocycles. The highest BCUT2D eigenvalue weighted by Crippen LogP contribution is 2.28. The van der Waals surface area contributed by atoms with Crippen LogP contribution in [0.15, 0.2) is 11.6 Å². The van der Waals surface area contributed by atoms with Gasteiger partial charge in [-0.05, 0) is 43.2 Å². The fraction of sp³-hybridized carbons (Fsp3) is 0.583. The van der Waals surface area contributed by atoms with E-state index in [1.54, 1.807) is 11.6 Å². The molecule has 3 rings (SSSR count). The molecule has 1 fully saturated rings. The fourth-order valence-electron chi connectivity index (χ4n) is 2.63. The Morgan fingerprint density at radius 2 is 2.55 bits per heavy atom. The van der Waals surface area contributed by atoms with Crippen molar-refractivity contribution in [2.24, 2.45) is 5.92 Å². The molecule has 0 radical (unpaired) electrons. The van der Waals surface area contributed by atoms with E-state index < -0.39 is 0 Å². The van der Waals surface area contributed by atoms with Crippen molar-refractivity contribution in [1.29, 1.82) is 0 Å². The Morgan fingerprint density at radius 1 is 1.65 bits per heavy atom. The van der Waals surface area contributed by atoms with Crippen molar-refractivity contribution in [3.05, 3.63) is 21.7 Å². The largest absolute Gasteiger partial charge is 0.372 e. The van der Waals surface area contributed by atoms with E-state index in [9.17, 15) is 10.1 Å². The maximum absolute atomic E-state index is 11.2. The standard InChI is InChI=1S/C12H17N5O2S/c18-17(19)11-10(15-12-16(11)6-7-20-12)14-5-3-9-2-1-4-13-8-9/h6-7,9,13-14H,1-5,8H2. The van der Waals surface area contributed by atoms with Gasteiger partial charge in [0.1, 0.15) is 6.20 Å². The summed E-state index contributed by atoms with van der Waals surface area (Å²) < 4.78 is 1.52. The van der Waals surface area contributed by atoms with Crippen LogP contribution in [0.4, 0.5) is 11.6 Å². The molecule has 108 valence electrons. The summed E-state index contributed by atoms with van der Waals surface area (Å²) in [5, 5.41) is 19.5. The van der Waals surface area contributed by atoms with Crippen molar-refractivity contribution in [2.45, 2.75) is 19.3 Å². The van der Waals surface area contributed by atoms with Crippen molar-refractivity contribution in [3.63, 3.8) is 0 Å². The van der Waals surface area contributed by atoms with Gasteiger partial charge >= 0.3 is 5.82 Å². The van der Waals surface area contributed by atoms with E-state index in [1.807, 2.05) is 0 Å². The van der Waals surface area contributed by atoms with Gasteiger partial charge in [0.25, 0.3) is 4.96 Å². The number of hydrogen-bond donors (Lipinski definition) is 2. The van der Waals surface area contributed by atoms with E-state index in [4.69, 9.17) is 0 Å². The summed E-state index contributed by atoms with van der Waals surface area (Å²) in [6.07, 6.45) is 5.14. The molecule has 0 saturated carbocycles. The average Bonchev–Trinajstić information content (AvgIpc) is 2.99. The second kappa shape index (κ2) is 5.76. The summed E-state index contributed by atoms with van der Waals surface area (Å²) in [5.74, 6) is 1.06. The van der Waals surface area contributed by atoms with E-state index in [0.717, 1.165) is 26.1 Å². The average molecular weight is 295 g/mol. The predicted molar refractivity (Wildman–Crippen MR) is 78.4 cm³/mol.